The van der Waals surface area contributed by atoms with Crippen molar-refractivity contribution in [3.8, 4) is 5.75 Å². The maximum Gasteiger partial charge on any atom is 0.387 e. The Morgan fingerprint density at radius 1 is 1.16 bits per heavy atom. The number of rotatable bonds is 8. The van der Waals surface area contributed by atoms with Gasteiger partial charge in [-0.1, -0.05) is 30.4 Å². The van der Waals surface area contributed by atoms with Gasteiger partial charge >= 0.3 is 6.61 Å². The van der Waals surface area contributed by atoms with Gasteiger partial charge in [-0.3, -0.25) is 14.5 Å². The third-order valence-corrected chi connectivity index (χ3v) is 6.13. The molecule has 3 aliphatic rings. The fraction of sp³-hybridized carbons (Fsp3) is 0.500. The first-order chi connectivity index (χ1) is 15.0. The number of guanidine groups is 1. The molecule has 1 aromatic carbocycles. The standard InChI is InChI=1S/C22H26F2N4O3.HI/c1-2-25-22(27-12-15-5-3-4-6-16(15)31-21(23)24)26-9-10-28-19(29)17-13-7-8-14(11-13)18(17)20(28)30;/h3-8,13-14,17-18,21H,2,9-12H2,1H3,(H2,25,26,27);1H. The zero-order chi connectivity index (χ0) is 22.0. The average Bonchev–Trinajstić information content (AvgIpc) is 3.42. The van der Waals surface area contributed by atoms with Gasteiger partial charge in [-0.2, -0.15) is 8.78 Å². The number of hydrogen-bond acceptors (Lipinski definition) is 4. The molecule has 7 nitrogen and oxygen atoms in total. The van der Waals surface area contributed by atoms with Crippen LogP contribution in [0.5, 0.6) is 5.75 Å². The van der Waals surface area contributed by atoms with Crippen LogP contribution in [0.25, 0.3) is 0 Å². The van der Waals surface area contributed by atoms with Crippen LogP contribution >= 0.6 is 24.0 Å². The molecular formula is C22H27F2IN4O3. The van der Waals surface area contributed by atoms with Crippen molar-refractivity contribution in [3.05, 3.63) is 42.0 Å². The van der Waals surface area contributed by atoms with E-state index in [0.29, 0.717) is 24.6 Å². The van der Waals surface area contributed by atoms with Crippen LogP contribution in [0.4, 0.5) is 8.78 Å². The van der Waals surface area contributed by atoms with Gasteiger partial charge < -0.3 is 15.4 Å². The Hall–Kier alpha value is -2.24. The van der Waals surface area contributed by atoms with E-state index in [9.17, 15) is 18.4 Å². The molecule has 0 radical (unpaired) electrons. The van der Waals surface area contributed by atoms with Crippen molar-refractivity contribution in [1.29, 1.82) is 0 Å². The number of para-hydroxylation sites is 1. The lowest BCUT2D eigenvalue weighted by Crippen LogP contribution is -2.43. The van der Waals surface area contributed by atoms with Gasteiger partial charge in [0.05, 0.1) is 18.4 Å². The Bertz CT molecular complexity index is 881. The molecule has 1 aliphatic heterocycles. The summed E-state index contributed by atoms with van der Waals surface area (Å²) in [5.41, 5.74) is 0.528. The van der Waals surface area contributed by atoms with E-state index in [1.807, 2.05) is 6.92 Å². The third kappa shape index (κ3) is 4.89. The van der Waals surface area contributed by atoms with E-state index in [2.05, 4.69) is 32.5 Å². The molecule has 1 heterocycles. The smallest absolute Gasteiger partial charge is 0.387 e. The van der Waals surface area contributed by atoms with E-state index in [0.717, 1.165) is 6.42 Å². The van der Waals surface area contributed by atoms with E-state index in [1.54, 1.807) is 18.2 Å². The van der Waals surface area contributed by atoms with Crippen LogP contribution in [0, 0.1) is 23.7 Å². The zero-order valence-corrected chi connectivity index (χ0v) is 20.0. The number of allylic oxidation sites excluding steroid dienone is 2. The molecule has 1 saturated carbocycles. The van der Waals surface area contributed by atoms with Crippen LogP contribution in [-0.4, -0.2) is 48.9 Å². The van der Waals surface area contributed by atoms with Crippen molar-refractivity contribution >= 4 is 41.8 Å². The molecule has 4 rings (SSSR count). The number of aliphatic imine (C=N–C) groups is 1. The molecule has 1 aromatic rings. The number of nitrogens with one attached hydrogen (secondary N) is 2. The Morgan fingerprint density at radius 3 is 2.44 bits per heavy atom. The van der Waals surface area contributed by atoms with Crippen LogP contribution in [0.3, 0.4) is 0 Å². The molecule has 32 heavy (non-hydrogen) atoms. The molecule has 2 aliphatic carbocycles. The largest absolute Gasteiger partial charge is 0.434 e. The van der Waals surface area contributed by atoms with E-state index < -0.39 is 6.61 Å². The summed E-state index contributed by atoms with van der Waals surface area (Å²) < 4.78 is 29.7. The number of ether oxygens (including phenoxy) is 1. The van der Waals surface area contributed by atoms with Gasteiger partial charge in [-0.05, 0) is 31.2 Å². The summed E-state index contributed by atoms with van der Waals surface area (Å²) in [4.78, 5) is 31.3. The highest BCUT2D eigenvalue weighted by Gasteiger charge is 2.58. The molecule has 4 unspecified atom stereocenters. The van der Waals surface area contributed by atoms with Crippen LogP contribution in [0.15, 0.2) is 41.4 Å². The van der Waals surface area contributed by atoms with E-state index in [-0.39, 0.29) is 78.3 Å². The lowest BCUT2D eigenvalue weighted by molar-refractivity contribution is -0.140. The summed E-state index contributed by atoms with van der Waals surface area (Å²) in [6, 6.07) is 6.50. The maximum atomic E-state index is 12.7. The average molecular weight is 560 g/mol. The summed E-state index contributed by atoms with van der Waals surface area (Å²) in [6.45, 7) is 0.348. The SMILES string of the molecule is CCNC(=NCc1ccccc1OC(F)F)NCCN1C(=O)C2C3C=CC(C3)C2C1=O.I. The summed E-state index contributed by atoms with van der Waals surface area (Å²) >= 11 is 0. The molecule has 174 valence electrons. The highest BCUT2D eigenvalue weighted by atomic mass is 127. The number of imide groups is 1. The molecule has 0 aromatic heterocycles. The van der Waals surface area contributed by atoms with Gasteiger partial charge in [0.15, 0.2) is 5.96 Å². The Labute approximate surface area is 202 Å². The Kier molecular flexibility index (Phi) is 8.07. The minimum Gasteiger partial charge on any atom is -0.434 e. The molecule has 2 bridgehead atoms. The van der Waals surface area contributed by atoms with Gasteiger partial charge in [0, 0.05) is 25.2 Å². The van der Waals surface area contributed by atoms with Gasteiger partial charge in [-0.15, -0.1) is 24.0 Å². The number of amides is 2. The minimum atomic E-state index is -2.91. The monoisotopic (exact) mass is 560 g/mol. The molecule has 1 saturated heterocycles. The lowest BCUT2D eigenvalue weighted by Gasteiger charge is -2.18. The van der Waals surface area contributed by atoms with Crippen molar-refractivity contribution in [2.24, 2.45) is 28.7 Å². The fourth-order valence-corrected chi connectivity index (χ4v) is 4.82. The zero-order valence-electron chi connectivity index (χ0n) is 17.7. The number of likely N-dealkylation sites (tertiary alicyclic amines) is 1. The second-order valence-electron chi connectivity index (χ2n) is 7.94. The van der Waals surface area contributed by atoms with Crippen molar-refractivity contribution in [2.75, 3.05) is 19.6 Å². The second kappa shape index (κ2) is 10.6. The number of carbonyl (C=O) groups excluding carboxylic acids is 2. The summed E-state index contributed by atoms with van der Waals surface area (Å²) in [7, 11) is 0. The van der Waals surface area contributed by atoms with Gasteiger partial charge in [0.1, 0.15) is 5.75 Å². The normalized spacial score (nSPS) is 25.9. The maximum absolute atomic E-state index is 12.7. The first kappa shape index (κ1) is 24.4. The van der Waals surface area contributed by atoms with Crippen molar-refractivity contribution in [3.63, 3.8) is 0 Å². The topological polar surface area (TPSA) is 83.0 Å². The molecule has 2 amide bonds. The molecular weight excluding hydrogens is 533 g/mol. The molecule has 2 N–H and O–H groups in total. The predicted molar refractivity (Wildman–Crippen MR) is 126 cm³/mol. The van der Waals surface area contributed by atoms with Crippen LogP contribution in [-0.2, 0) is 16.1 Å². The molecule has 2 fully saturated rings. The Balaban J connectivity index is 0.00000289. The van der Waals surface area contributed by atoms with Crippen molar-refractivity contribution in [1.82, 2.24) is 15.5 Å². The van der Waals surface area contributed by atoms with Crippen molar-refractivity contribution < 1.29 is 23.1 Å². The lowest BCUT2D eigenvalue weighted by atomic mass is 9.85. The summed E-state index contributed by atoms with van der Waals surface area (Å²) in [5, 5.41) is 6.19. The number of alkyl halides is 2. The summed E-state index contributed by atoms with van der Waals surface area (Å²) in [5.74, 6) is 0.391. The van der Waals surface area contributed by atoms with Gasteiger partial charge in [0.2, 0.25) is 11.8 Å². The number of fused-ring (bicyclic) bond motifs is 5. The van der Waals surface area contributed by atoms with Crippen LogP contribution in [0.1, 0.15) is 18.9 Å². The number of carbonyl (C=O) groups is 2. The van der Waals surface area contributed by atoms with E-state index in [4.69, 9.17) is 0 Å². The summed E-state index contributed by atoms with van der Waals surface area (Å²) in [6.07, 6.45) is 5.06. The molecule has 0 spiro atoms. The number of hydrogen-bond donors (Lipinski definition) is 2. The van der Waals surface area contributed by atoms with Crippen molar-refractivity contribution in [2.45, 2.75) is 26.5 Å². The number of halogens is 3. The Morgan fingerprint density at radius 2 is 1.81 bits per heavy atom. The third-order valence-electron chi connectivity index (χ3n) is 6.13. The second-order valence-corrected chi connectivity index (χ2v) is 7.94. The minimum absolute atomic E-state index is 0. The fourth-order valence-electron chi connectivity index (χ4n) is 4.82. The van der Waals surface area contributed by atoms with E-state index in [1.165, 1.54) is 11.0 Å². The first-order valence-electron chi connectivity index (χ1n) is 10.6. The molecule has 4 atom stereocenters. The molecule has 10 heteroatoms. The van der Waals surface area contributed by atoms with Gasteiger partial charge in [-0.25, -0.2) is 4.99 Å². The number of benzene rings is 1. The van der Waals surface area contributed by atoms with E-state index >= 15 is 0 Å². The van der Waals surface area contributed by atoms with Crippen LogP contribution in [0.2, 0.25) is 0 Å². The number of nitrogens with zero attached hydrogens (tertiary/aromatic N) is 2. The highest BCUT2D eigenvalue weighted by Crippen LogP contribution is 2.52. The quantitative estimate of drug-likeness (QED) is 0.168. The van der Waals surface area contributed by atoms with Crippen LogP contribution < -0.4 is 15.4 Å². The highest BCUT2D eigenvalue weighted by molar-refractivity contribution is 14.0. The first-order valence-corrected chi connectivity index (χ1v) is 10.6. The predicted octanol–water partition coefficient (Wildman–Crippen LogP) is 2.77. The van der Waals surface area contributed by atoms with Gasteiger partial charge in [0.25, 0.3) is 0 Å².